The topological polar surface area (TPSA) is 80.7 Å². The second kappa shape index (κ2) is 5.26. The zero-order chi connectivity index (χ0) is 11.9. The molecule has 1 N–H and O–H groups in total. The van der Waals surface area contributed by atoms with E-state index in [1.807, 2.05) is 11.9 Å². The Morgan fingerprint density at radius 1 is 1.47 bits per heavy atom. The fourth-order valence-corrected chi connectivity index (χ4v) is 2.39. The van der Waals surface area contributed by atoms with Crippen molar-refractivity contribution in [2.75, 3.05) is 18.5 Å². The molecule has 0 radical (unpaired) electrons. The van der Waals surface area contributed by atoms with Gasteiger partial charge in [-0.25, -0.2) is 8.42 Å². The van der Waals surface area contributed by atoms with Crippen molar-refractivity contribution in [3.63, 3.8) is 0 Å². The molecule has 0 fully saturated rings. The molecule has 1 aromatic rings. The maximum atomic E-state index is 10.7. The van der Waals surface area contributed by atoms with E-state index in [2.05, 4.69) is 0 Å². The van der Waals surface area contributed by atoms with Crippen LogP contribution in [0.5, 0.6) is 0 Å². The second-order valence-electron chi connectivity index (χ2n) is 3.90. The molecule has 0 amide bonds. The van der Waals surface area contributed by atoms with Crippen LogP contribution >= 0.6 is 0 Å². The zero-order valence-corrected chi connectivity index (χ0v) is 12.6. The van der Waals surface area contributed by atoms with Crippen LogP contribution in [-0.4, -0.2) is 31.7 Å². The van der Waals surface area contributed by atoms with Gasteiger partial charge in [0.1, 0.15) is 10.1 Å². The first-order chi connectivity index (χ1) is 7.39. The van der Waals surface area contributed by atoms with Crippen molar-refractivity contribution < 1.29 is 47.6 Å². The molecule has 1 atom stereocenters. The number of nitrogens with zero attached hydrogens (tertiary/aromatic N) is 1. The summed E-state index contributed by atoms with van der Waals surface area (Å²) >= 11 is 0. The maximum Gasteiger partial charge on any atom is 1.00 e. The average molecular weight is 265 g/mol. The molecule has 1 heterocycles. The van der Waals surface area contributed by atoms with Crippen LogP contribution in [0.2, 0.25) is 0 Å². The minimum Gasteiger partial charge on any atom is -0.746 e. The predicted molar refractivity (Wildman–Crippen MR) is 58.1 cm³/mol. The molecule has 2 rings (SSSR count). The van der Waals surface area contributed by atoms with Crippen LogP contribution in [0.1, 0.15) is 16.6 Å². The van der Waals surface area contributed by atoms with Crippen LogP contribution in [0, 0.1) is 0 Å². The Balaban J connectivity index is 0.00000144. The van der Waals surface area contributed by atoms with Crippen LogP contribution < -0.4 is 34.5 Å². The van der Waals surface area contributed by atoms with Crippen molar-refractivity contribution in [3.8, 4) is 0 Å². The normalized spacial score (nSPS) is 16.3. The van der Waals surface area contributed by atoms with Crippen LogP contribution in [0.15, 0.2) is 18.2 Å². The summed E-state index contributed by atoms with van der Waals surface area (Å²) in [7, 11) is -2.76. The van der Waals surface area contributed by atoms with Crippen LogP contribution in [0.4, 0.5) is 5.69 Å². The van der Waals surface area contributed by atoms with Gasteiger partial charge in [0.25, 0.3) is 0 Å². The number of likely N-dealkylation sites (N-methyl/N-ethyl adjacent to an activating group) is 1. The molecule has 0 aromatic heterocycles. The van der Waals surface area contributed by atoms with E-state index in [1.165, 1.54) is 6.07 Å². The van der Waals surface area contributed by atoms with Gasteiger partial charge in [-0.1, -0.05) is 12.1 Å². The molecule has 5 nitrogen and oxygen atoms in total. The average Bonchev–Trinajstić information content (AvgIpc) is 2.57. The van der Waals surface area contributed by atoms with E-state index in [0.29, 0.717) is 0 Å². The van der Waals surface area contributed by atoms with Crippen LogP contribution in [0.3, 0.4) is 0 Å². The summed E-state index contributed by atoms with van der Waals surface area (Å²) in [4.78, 5) is 2.04. The predicted octanol–water partition coefficient (Wildman–Crippen LogP) is -2.78. The van der Waals surface area contributed by atoms with Gasteiger partial charge in [-0.15, -0.1) is 0 Å². The number of rotatable bonds is 2. The number of fused-ring (bicyclic) bond motifs is 1. The molecule has 0 bridgehead atoms. The third-order valence-corrected chi connectivity index (χ3v) is 3.61. The minimum absolute atomic E-state index is 0. The number of benzene rings is 1. The van der Waals surface area contributed by atoms with Gasteiger partial charge in [-0.3, -0.25) is 0 Å². The Morgan fingerprint density at radius 3 is 2.71 bits per heavy atom. The van der Waals surface area contributed by atoms with E-state index in [9.17, 15) is 18.1 Å². The molecular formula is C10H12NNaO4S. The Kier molecular flexibility index (Phi) is 4.62. The SMILES string of the molecule is CN1CCc2cc(C(O)S(=O)(=O)[O-])ccc21.[Na+]. The molecular weight excluding hydrogens is 253 g/mol. The largest absolute Gasteiger partial charge is 1.00 e. The van der Waals surface area contributed by atoms with Crippen LogP contribution in [-0.2, 0) is 16.5 Å². The molecule has 1 unspecified atom stereocenters. The van der Waals surface area contributed by atoms with Crippen LogP contribution in [0.25, 0.3) is 0 Å². The Bertz CT molecular complexity index is 517. The molecule has 1 aliphatic heterocycles. The first kappa shape index (κ1) is 14.9. The third-order valence-electron chi connectivity index (χ3n) is 2.79. The Hall–Kier alpha value is -0.110. The van der Waals surface area contributed by atoms with Gasteiger partial charge in [0.05, 0.1) is 0 Å². The zero-order valence-electron chi connectivity index (χ0n) is 9.75. The second-order valence-corrected chi connectivity index (χ2v) is 5.34. The smallest absolute Gasteiger partial charge is 0.746 e. The van der Waals surface area contributed by atoms with Gasteiger partial charge in [-0.2, -0.15) is 0 Å². The van der Waals surface area contributed by atoms with E-state index >= 15 is 0 Å². The number of hydrogen-bond donors (Lipinski definition) is 1. The van der Waals surface area contributed by atoms with Crippen molar-refractivity contribution in [3.05, 3.63) is 29.3 Å². The number of aliphatic hydroxyl groups is 1. The summed E-state index contributed by atoms with van der Waals surface area (Å²) in [6.07, 6.45) is 0.797. The van der Waals surface area contributed by atoms with Gasteiger partial charge in [0, 0.05) is 19.3 Å². The summed E-state index contributed by atoms with van der Waals surface area (Å²) in [6.45, 7) is 0.860. The molecule has 0 saturated carbocycles. The van der Waals surface area contributed by atoms with E-state index < -0.39 is 15.6 Å². The van der Waals surface area contributed by atoms with Crippen molar-refractivity contribution >= 4 is 15.8 Å². The summed E-state index contributed by atoms with van der Waals surface area (Å²) in [5.41, 5.74) is 0.148. The van der Waals surface area contributed by atoms with Crippen molar-refractivity contribution in [1.29, 1.82) is 0 Å². The molecule has 17 heavy (non-hydrogen) atoms. The Labute approximate surface area is 122 Å². The molecule has 1 aromatic carbocycles. The first-order valence-electron chi connectivity index (χ1n) is 4.86. The van der Waals surface area contributed by atoms with Gasteiger partial charge in [0.15, 0.2) is 5.44 Å². The number of hydrogen-bond acceptors (Lipinski definition) is 5. The van der Waals surface area contributed by atoms with Gasteiger partial charge in [0.2, 0.25) is 0 Å². The van der Waals surface area contributed by atoms with Gasteiger partial charge in [-0.05, 0) is 23.6 Å². The molecule has 1 aliphatic rings. The quantitative estimate of drug-likeness (QED) is 0.462. The Morgan fingerprint density at radius 2 is 2.12 bits per heavy atom. The summed E-state index contributed by atoms with van der Waals surface area (Å²) in [5.74, 6) is 0. The standard InChI is InChI=1S/C10H13NO4S.Na/c1-11-5-4-7-6-8(2-3-9(7)11)10(12)16(13,14)15;/h2-3,6,10,12H,4-5H2,1H3,(H,13,14,15);/q;+1/p-1. The minimum atomic E-state index is -4.69. The van der Waals surface area contributed by atoms with Crippen molar-refractivity contribution in [1.82, 2.24) is 0 Å². The van der Waals surface area contributed by atoms with E-state index in [-0.39, 0.29) is 35.1 Å². The number of aliphatic hydroxyl groups excluding tert-OH is 1. The molecule has 0 saturated heterocycles. The third kappa shape index (κ3) is 3.01. The molecule has 7 heteroatoms. The van der Waals surface area contributed by atoms with E-state index in [4.69, 9.17) is 0 Å². The van der Waals surface area contributed by atoms with Crippen molar-refractivity contribution in [2.24, 2.45) is 0 Å². The number of anilines is 1. The molecule has 88 valence electrons. The monoisotopic (exact) mass is 265 g/mol. The molecule has 0 spiro atoms. The van der Waals surface area contributed by atoms with Gasteiger partial charge >= 0.3 is 29.6 Å². The fourth-order valence-electron chi connectivity index (χ4n) is 1.91. The first-order valence-corrected chi connectivity index (χ1v) is 6.33. The van der Waals surface area contributed by atoms with Crippen molar-refractivity contribution in [2.45, 2.75) is 11.9 Å². The summed E-state index contributed by atoms with van der Waals surface area (Å²) in [6, 6.07) is 4.78. The summed E-state index contributed by atoms with van der Waals surface area (Å²) in [5, 5.41) is 9.34. The van der Waals surface area contributed by atoms with E-state index in [1.54, 1.807) is 12.1 Å². The molecule has 0 aliphatic carbocycles. The van der Waals surface area contributed by atoms with E-state index in [0.717, 1.165) is 24.2 Å². The fraction of sp³-hybridized carbons (Fsp3) is 0.400. The summed E-state index contributed by atoms with van der Waals surface area (Å²) < 4.78 is 32.0. The maximum absolute atomic E-state index is 10.7. The van der Waals surface area contributed by atoms with Gasteiger partial charge < -0.3 is 14.6 Å².